The van der Waals surface area contributed by atoms with Crippen LogP contribution in [0.15, 0.2) is 35.5 Å². The Morgan fingerprint density at radius 2 is 2.24 bits per heavy atom. The van der Waals surface area contributed by atoms with Crippen LogP contribution in [0.25, 0.3) is 0 Å². The fourth-order valence-corrected chi connectivity index (χ4v) is 2.47. The van der Waals surface area contributed by atoms with Crippen LogP contribution in [-0.4, -0.2) is 9.78 Å². The number of thioether (sulfide) groups is 1. The second-order valence-corrected chi connectivity index (χ2v) is 5.06. The summed E-state index contributed by atoms with van der Waals surface area (Å²) in [5.74, 6) is 0.948. The summed E-state index contributed by atoms with van der Waals surface area (Å²) in [6, 6.07) is 6.16. The van der Waals surface area contributed by atoms with Crippen LogP contribution in [0.2, 0.25) is 0 Å². The van der Waals surface area contributed by atoms with Gasteiger partial charge in [0, 0.05) is 34.6 Å². The van der Waals surface area contributed by atoms with Gasteiger partial charge in [-0.3, -0.25) is 4.68 Å². The smallest absolute Gasteiger partial charge is 0.0530 e. The van der Waals surface area contributed by atoms with Crippen LogP contribution in [0.1, 0.15) is 18.1 Å². The molecule has 0 saturated carbocycles. The molecule has 0 bridgehead atoms. The Morgan fingerprint density at radius 3 is 2.88 bits per heavy atom. The summed E-state index contributed by atoms with van der Waals surface area (Å²) in [6.07, 6.45) is 4.03. The molecule has 0 aliphatic heterocycles. The highest BCUT2D eigenvalue weighted by Crippen LogP contribution is 2.25. The Bertz CT molecular complexity index is 505. The summed E-state index contributed by atoms with van der Waals surface area (Å²) >= 11 is 1.81. The fourth-order valence-electron chi connectivity index (χ4n) is 1.56. The van der Waals surface area contributed by atoms with Gasteiger partial charge >= 0.3 is 0 Å². The third kappa shape index (κ3) is 3.03. The standard InChI is InChI=1S/C13H17N3S/c1-3-16-8-11(7-15-16)9-17-12-4-5-13(14)10(2)6-12/h4-8H,3,9,14H2,1-2H3. The largest absolute Gasteiger partial charge is 0.399 e. The lowest BCUT2D eigenvalue weighted by Crippen LogP contribution is -1.92. The molecule has 2 rings (SSSR count). The Labute approximate surface area is 106 Å². The number of hydrogen-bond donors (Lipinski definition) is 1. The molecule has 0 saturated heterocycles. The Hall–Kier alpha value is -1.42. The Morgan fingerprint density at radius 1 is 1.41 bits per heavy atom. The van der Waals surface area contributed by atoms with Crippen LogP contribution in [-0.2, 0) is 12.3 Å². The molecule has 17 heavy (non-hydrogen) atoms. The summed E-state index contributed by atoms with van der Waals surface area (Å²) in [5.41, 5.74) is 9.04. The molecule has 0 radical (unpaired) electrons. The lowest BCUT2D eigenvalue weighted by molar-refractivity contribution is 0.659. The van der Waals surface area contributed by atoms with E-state index in [0.29, 0.717) is 0 Å². The van der Waals surface area contributed by atoms with Crippen molar-refractivity contribution in [1.29, 1.82) is 0 Å². The van der Waals surface area contributed by atoms with Crippen molar-refractivity contribution in [2.45, 2.75) is 31.0 Å². The summed E-state index contributed by atoms with van der Waals surface area (Å²) in [4.78, 5) is 1.25. The quantitative estimate of drug-likeness (QED) is 0.667. The van der Waals surface area contributed by atoms with Crippen molar-refractivity contribution in [3.05, 3.63) is 41.7 Å². The zero-order valence-electron chi connectivity index (χ0n) is 10.2. The van der Waals surface area contributed by atoms with E-state index < -0.39 is 0 Å². The van der Waals surface area contributed by atoms with Crippen molar-refractivity contribution in [3.63, 3.8) is 0 Å². The second kappa shape index (κ2) is 5.27. The molecule has 0 atom stereocenters. The van der Waals surface area contributed by atoms with Crippen molar-refractivity contribution in [1.82, 2.24) is 9.78 Å². The van der Waals surface area contributed by atoms with Gasteiger partial charge < -0.3 is 5.73 Å². The van der Waals surface area contributed by atoms with E-state index in [1.165, 1.54) is 10.5 Å². The van der Waals surface area contributed by atoms with Gasteiger partial charge in [0.05, 0.1) is 6.20 Å². The average Bonchev–Trinajstić information content (AvgIpc) is 2.79. The molecule has 0 unspecified atom stereocenters. The molecule has 0 aliphatic carbocycles. The Kier molecular flexibility index (Phi) is 3.74. The lowest BCUT2D eigenvalue weighted by Gasteiger charge is -2.03. The van der Waals surface area contributed by atoms with E-state index in [9.17, 15) is 0 Å². The molecule has 1 aromatic carbocycles. The molecule has 1 aromatic heterocycles. The van der Waals surface area contributed by atoms with Crippen molar-refractivity contribution in [2.75, 3.05) is 5.73 Å². The zero-order chi connectivity index (χ0) is 12.3. The molecule has 0 aliphatic rings. The van der Waals surface area contributed by atoms with Crippen LogP contribution in [0.5, 0.6) is 0 Å². The first-order valence-corrected chi connectivity index (χ1v) is 6.68. The highest BCUT2D eigenvalue weighted by Gasteiger charge is 2.01. The van der Waals surface area contributed by atoms with Crippen molar-refractivity contribution in [2.24, 2.45) is 0 Å². The van der Waals surface area contributed by atoms with E-state index in [4.69, 9.17) is 5.73 Å². The van der Waals surface area contributed by atoms with Gasteiger partial charge in [0.25, 0.3) is 0 Å². The number of hydrogen-bond acceptors (Lipinski definition) is 3. The number of nitrogen functional groups attached to an aromatic ring is 1. The van der Waals surface area contributed by atoms with Crippen LogP contribution in [0, 0.1) is 6.92 Å². The fraction of sp³-hybridized carbons (Fsp3) is 0.308. The normalized spacial score (nSPS) is 10.7. The molecule has 90 valence electrons. The summed E-state index contributed by atoms with van der Waals surface area (Å²) in [7, 11) is 0. The topological polar surface area (TPSA) is 43.8 Å². The summed E-state index contributed by atoms with van der Waals surface area (Å²) in [6.45, 7) is 5.05. The van der Waals surface area contributed by atoms with Crippen LogP contribution in [0.3, 0.4) is 0 Å². The molecule has 2 aromatic rings. The molecule has 3 nitrogen and oxygen atoms in total. The van der Waals surface area contributed by atoms with Gasteiger partial charge in [-0.2, -0.15) is 5.10 Å². The average molecular weight is 247 g/mol. The van der Waals surface area contributed by atoms with Gasteiger partial charge in [-0.25, -0.2) is 0 Å². The van der Waals surface area contributed by atoms with Gasteiger partial charge in [-0.05, 0) is 37.6 Å². The first-order valence-electron chi connectivity index (χ1n) is 5.69. The number of aromatic nitrogens is 2. The molecular weight excluding hydrogens is 230 g/mol. The van der Waals surface area contributed by atoms with Gasteiger partial charge in [0.2, 0.25) is 0 Å². The highest BCUT2D eigenvalue weighted by atomic mass is 32.2. The van der Waals surface area contributed by atoms with Gasteiger partial charge in [-0.15, -0.1) is 11.8 Å². The zero-order valence-corrected chi connectivity index (χ0v) is 11.0. The molecule has 2 N–H and O–H groups in total. The van der Waals surface area contributed by atoms with Gasteiger partial charge in [0.15, 0.2) is 0 Å². The van der Waals surface area contributed by atoms with E-state index >= 15 is 0 Å². The second-order valence-electron chi connectivity index (χ2n) is 4.01. The maximum Gasteiger partial charge on any atom is 0.0530 e. The van der Waals surface area contributed by atoms with E-state index in [1.54, 1.807) is 0 Å². The maximum absolute atomic E-state index is 5.79. The number of anilines is 1. The lowest BCUT2D eigenvalue weighted by atomic mass is 10.2. The van der Waals surface area contributed by atoms with E-state index in [0.717, 1.165) is 23.5 Å². The van der Waals surface area contributed by atoms with Crippen LogP contribution < -0.4 is 5.73 Å². The number of aryl methyl sites for hydroxylation is 2. The molecule has 0 fully saturated rings. The minimum atomic E-state index is 0.855. The van der Waals surface area contributed by atoms with Crippen molar-refractivity contribution in [3.8, 4) is 0 Å². The molecule has 0 amide bonds. The summed E-state index contributed by atoms with van der Waals surface area (Å²) in [5, 5.41) is 4.26. The number of benzene rings is 1. The predicted octanol–water partition coefficient (Wildman–Crippen LogP) is 3.09. The van der Waals surface area contributed by atoms with Crippen molar-refractivity contribution >= 4 is 17.4 Å². The van der Waals surface area contributed by atoms with Gasteiger partial charge in [-0.1, -0.05) is 0 Å². The first-order chi connectivity index (χ1) is 8.19. The minimum absolute atomic E-state index is 0.855. The monoisotopic (exact) mass is 247 g/mol. The third-order valence-corrected chi connectivity index (χ3v) is 3.72. The number of nitrogens with zero attached hydrogens (tertiary/aromatic N) is 2. The van der Waals surface area contributed by atoms with Gasteiger partial charge in [0.1, 0.15) is 0 Å². The first kappa shape index (κ1) is 12.0. The molecule has 1 heterocycles. The van der Waals surface area contributed by atoms with E-state index in [1.807, 2.05) is 35.6 Å². The van der Waals surface area contributed by atoms with Crippen molar-refractivity contribution < 1.29 is 0 Å². The van der Waals surface area contributed by atoms with Crippen LogP contribution >= 0.6 is 11.8 Å². The van der Waals surface area contributed by atoms with E-state index in [-0.39, 0.29) is 0 Å². The predicted molar refractivity (Wildman–Crippen MR) is 73.1 cm³/mol. The highest BCUT2D eigenvalue weighted by molar-refractivity contribution is 7.98. The third-order valence-electron chi connectivity index (χ3n) is 2.66. The SMILES string of the molecule is CCn1cc(CSc2ccc(N)c(C)c2)cn1. The molecule has 4 heteroatoms. The van der Waals surface area contributed by atoms with Crippen LogP contribution in [0.4, 0.5) is 5.69 Å². The number of nitrogens with two attached hydrogens (primary N) is 1. The minimum Gasteiger partial charge on any atom is -0.399 e. The van der Waals surface area contributed by atoms with E-state index in [2.05, 4.69) is 30.4 Å². The number of rotatable bonds is 4. The Balaban J connectivity index is 1.99. The maximum atomic E-state index is 5.79. The molecular formula is C13H17N3S. The summed E-state index contributed by atoms with van der Waals surface area (Å²) < 4.78 is 1.95. The molecule has 0 spiro atoms.